The number of nitrogens with two attached hydrogens (primary N) is 5. The third-order valence-corrected chi connectivity index (χ3v) is 23.9. The van der Waals surface area contributed by atoms with Crippen molar-refractivity contribution in [3.63, 3.8) is 0 Å². The number of hydrogen-bond donors (Lipinski definition) is 25. The highest BCUT2D eigenvalue weighted by Gasteiger charge is 2.43. The zero-order valence-electron chi connectivity index (χ0n) is 79.0. The van der Waals surface area contributed by atoms with Gasteiger partial charge in [-0.15, -0.1) is 0 Å². The molecule has 43 heteroatoms. The molecule has 0 radical (unpaired) electrons. The van der Waals surface area contributed by atoms with Gasteiger partial charge in [-0.3, -0.25) is 82.1 Å². The summed E-state index contributed by atoms with van der Waals surface area (Å²) in [4.78, 5) is 247. The number of amides is 16. The van der Waals surface area contributed by atoms with Crippen molar-refractivity contribution in [1.82, 2.24) is 84.3 Å². The number of aromatic amines is 1. The van der Waals surface area contributed by atoms with Gasteiger partial charge < -0.3 is 133 Å². The second-order valence-electron chi connectivity index (χ2n) is 35.1. The predicted octanol–water partition coefficient (Wildman–Crippen LogP) is -2.10. The summed E-state index contributed by atoms with van der Waals surface area (Å²) in [6, 6.07) is 21.7. The van der Waals surface area contributed by atoms with E-state index >= 15 is 33.6 Å². The fourth-order valence-electron chi connectivity index (χ4n) is 16.0. The highest BCUT2D eigenvalue weighted by molar-refractivity contribution is 6.02. The van der Waals surface area contributed by atoms with Crippen LogP contribution in [-0.2, 0) is 120 Å². The van der Waals surface area contributed by atoms with Crippen molar-refractivity contribution >= 4 is 117 Å². The van der Waals surface area contributed by atoms with E-state index in [0.29, 0.717) is 50.7 Å². The minimum absolute atomic E-state index is 0.0347. The van der Waals surface area contributed by atoms with E-state index in [9.17, 15) is 68.4 Å². The number of unbranched alkanes of at least 4 members (excludes halogenated alkanes) is 1. The molecule has 1 aromatic heterocycles. The van der Waals surface area contributed by atoms with Gasteiger partial charge in [0.1, 0.15) is 96.1 Å². The Morgan fingerprint density at radius 1 is 0.433 bits per heavy atom. The molecule has 16 amide bonds. The fraction of sp³-hybridized carbons (Fsp3) is 0.429. The van der Waals surface area contributed by atoms with E-state index in [1.807, 2.05) is 0 Å². The quantitative estimate of drug-likeness (QED) is 0.0110. The summed E-state index contributed by atoms with van der Waals surface area (Å²) < 4.78 is 0. The van der Waals surface area contributed by atoms with Crippen LogP contribution in [0.5, 0.6) is 11.5 Å². The lowest BCUT2D eigenvalue weighted by Gasteiger charge is -2.32. The lowest BCUT2D eigenvalue weighted by molar-refractivity contribution is -0.143. The zero-order chi connectivity index (χ0) is 103. The molecule has 15 atom stereocenters. The third-order valence-electron chi connectivity index (χ3n) is 23.9. The van der Waals surface area contributed by atoms with Crippen LogP contribution in [0.1, 0.15) is 132 Å². The zero-order valence-corrected chi connectivity index (χ0v) is 79.0. The number of phenols is 2. The summed E-state index contributed by atoms with van der Waals surface area (Å²) in [5, 5.41) is 86.1. The maximum Gasteiger partial charge on any atom is 0.326 e. The van der Waals surface area contributed by atoms with Crippen LogP contribution in [0.4, 0.5) is 0 Å². The number of carboxylic acid groups (broad SMARTS) is 1. The summed E-state index contributed by atoms with van der Waals surface area (Å²) in [5.74, 6) is -18.6. The predicted molar refractivity (Wildman–Crippen MR) is 518 cm³/mol. The minimum Gasteiger partial charge on any atom is -0.508 e. The van der Waals surface area contributed by atoms with Gasteiger partial charge in [0.25, 0.3) is 0 Å². The van der Waals surface area contributed by atoms with E-state index in [4.69, 9.17) is 34.1 Å². The van der Waals surface area contributed by atoms with E-state index in [2.05, 4.69) is 79.4 Å². The molecule has 1 aliphatic heterocycles. The van der Waals surface area contributed by atoms with Crippen LogP contribution < -0.4 is 103 Å². The number of guanidine groups is 1. The number of aliphatic hydroxyl groups excluding tert-OH is 1. The van der Waals surface area contributed by atoms with Gasteiger partial charge in [-0.1, -0.05) is 168 Å². The second kappa shape index (κ2) is 55.9. The van der Waals surface area contributed by atoms with Gasteiger partial charge in [0, 0.05) is 75.1 Å². The Kier molecular flexibility index (Phi) is 43.9. The molecule has 30 N–H and O–H groups in total. The number of carbonyl (C=O) groups is 17. The number of aliphatic hydroxyl groups is 1. The standard InChI is InChI=1S/C98H130N22O21/c1-5-56(4)83(95(138)115-73(46-58-23-11-7-12-24-58)89(132)117-77(54-121)92(135)108-67(29-17-18-42-99)84(127)111-71(47-60-32-36-63(122)37-33-60)86(129)110-69(97(140)141)30-19-43-105-98(103)104)119-94(137)82(55(2)3)118-93(136)78-31-20-44-120(78)96(139)76(49-59-25-13-8-14-26-59)116-88(131)70(45-57-21-9-6-10-22-57)113-87(130)72(48-61-34-38-64(123)39-35-61)112-85(128)68(40-41-79(101)124)109-90(133)74(50-62-53-106-66-28-16-15-27-65(62)66)114-91(134)75(51-80(102)125)107-81(126)52-100/h6-16,21-28,32-39,53,55-56,67-78,82-83,106,121-123H,5,17-20,29-31,40-52,54,99-100H2,1-4H3,(H2,101,124)(H2,102,125)(H,107,126)(H,108,135)(H,109,133)(H,110,129)(H,111,127)(H,112,128)(H,113,130)(H,114,134)(H,115,138)(H,116,131)(H,117,132)(H,118,136)(H,119,137)(H,140,141)(H4,103,104,105)/t56-,67-,68-,69-,70-,71-,72-,73-,74-,75-,76-,77-,78-,82-,83-/m0/s1. The van der Waals surface area contributed by atoms with Crippen molar-refractivity contribution in [3.05, 3.63) is 203 Å². The van der Waals surface area contributed by atoms with Gasteiger partial charge in [-0.25, -0.2) is 4.79 Å². The van der Waals surface area contributed by atoms with Crippen molar-refractivity contribution in [2.45, 2.75) is 221 Å². The normalized spacial score (nSPS) is 15.2. The number of likely N-dealkylation sites (tertiary alicyclic amines) is 1. The second-order valence-corrected chi connectivity index (χ2v) is 35.1. The summed E-state index contributed by atoms with van der Waals surface area (Å²) in [5.41, 5.74) is 31.3. The average Bonchev–Trinajstić information content (AvgIpc) is 1.77. The Labute approximate surface area is 814 Å². The number of para-hydroxylation sites is 1. The number of nitrogens with one attached hydrogen (secondary N) is 16. The monoisotopic (exact) mass is 1950 g/mol. The van der Waals surface area contributed by atoms with Crippen LogP contribution in [0.3, 0.4) is 0 Å². The summed E-state index contributed by atoms with van der Waals surface area (Å²) in [7, 11) is 0. The first-order valence-corrected chi connectivity index (χ1v) is 46.7. The van der Waals surface area contributed by atoms with Crippen molar-refractivity contribution in [3.8, 4) is 11.5 Å². The number of primary amides is 2. The van der Waals surface area contributed by atoms with Crippen LogP contribution in [0, 0.1) is 17.2 Å². The molecule has 2 heterocycles. The van der Waals surface area contributed by atoms with Gasteiger partial charge in [0.15, 0.2) is 5.96 Å². The van der Waals surface area contributed by atoms with Crippen LogP contribution in [0.2, 0.25) is 0 Å². The number of nitrogens with zero attached hydrogens (tertiary/aromatic N) is 1. The third kappa shape index (κ3) is 35.5. The number of aromatic nitrogens is 1. The largest absolute Gasteiger partial charge is 0.508 e. The van der Waals surface area contributed by atoms with Gasteiger partial charge in [-0.05, 0) is 133 Å². The van der Waals surface area contributed by atoms with Crippen LogP contribution in [0.25, 0.3) is 10.9 Å². The van der Waals surface area contributed by atoms with E-state index in [1.54, 1.807) is 149 Å². The first kappa shape index (κ1) is 111. The molecule has 0 bridgehead atoms. The number of carboxylic acids is 1. The number of fused-ring (bicyclic) bond motifs is 1. The van der Waals surface area contributed by atoms with Gasteiger partial charge in [0.05, 0.1) is 19.6 Å². The maximum atomic E-state index is 15.6. The number of aromatic hydroxyl groups is 2. The number of hydrogen-bond acceptors (Lipinski definition) is 23. The Morgan fingerprint density at radius 3 is 1.29 bits per heavy atom. The lowest BCUT2D eigenvalue weighted by Crippen LogP contribution is -2.62. The molecule has 43 nitrogen and oxygen atoms in total. The maximum absolute atomic E-state index is 15.6. The highest BCUT2D eigenvalue weighted by atomic mass is 16.4. The van der Waals surface area contributed by atoms with E-state index in [0.717, 1.165) is 0 Å². The average molecular weight is 1950 g/mol. The van der Waals surface area contributed by atoms with Crippen molar-refractivity contribution in [2.75, 3.05) is 32.8 Å². The fourth-order valence-corrected chi connectivity index (χ4v) is 16.0. The lowest BCUT2D eigenvalue weighted by atomic mass is 9.95. The van der Waals surface area contributed by atoms with Crippen LogP contribution >= 0.6 is 0 Å². The molecule has 1 saturated heterocycles. The molecule has 7 aromatic rings. The Bertz CT molecular complexity index is 5450. The first-order chi connectivity index (χ1) is 67.3. The summed E-state index contributed by atoms with van der Waals surface area (Å²) >= 11 is 0. The molecule has 0 spiro atoms. The molecule has 141 heavy (non-hydrogen) atoms. The number of H-pyrrole nitrogens is 1. The first-order valence-electron chi connectivity index (χ1n) is 46.7. The topological polar surface area (TPSA) is 713 Å². The molecule has 0 saturated carbocycles. The van der Waals surface area contributed by atoms with Crippen molar-refractivity contribution in [1.29, 1.82) is 5.41 Å². The van der Waals surface area contributed by atoms with Crippen molar-refractivity contribution < 1.29 is 102 Å². The van der Waals surface area contributed by atoms with Gasteiger partial charge in [-0.2, -0.15) is 0 Å². The molecule has 1 aliphatic rings. The molecule has 1 fully saturated rings. The Hall–Kier alpha value is -15.4. The van der Waals surface area contributed by atoms with Crippen LogP contribution in [0.15, 0.2) is 170 Å². The van der Waals surface area contributed by atoms with Crippen molar-refractivity contribution in [2.24, 2.45) is 40.5 Å². The van der Waals surface area contributed by atoms with E-state index in [-0.39, 0.29) is 121 Å². The number of rotatable bonds is 57. The molecular formula is C98H130N22O21. The number of aliphatic carboxylic acids is 1. The number of phenolic OH excluding ortho intramolecular Hbond substituents is 2. The SMILES string of the molecule is CC[C@H](C)[C@H](NC(=O)[C@@H](NC(=O)[C@@H]1CCCN1C(=O)[C@H](Cc1ccccc1)NC(=O)[C@H](Cc1ccccc1)NC(=O)[C@H](Cc1ccc(O)cc1)NC(=O)[C@H](CCC(N)=O)NC(=O)[C@H](Cc1c[nH]c2ccccc12)NC(=O)[C@H](CC(N)=O)NC(=O)CN)C(C)C)C(=O)N[C@@H](Cc1ccccc1)C(=O)N[C@@H](CO)C(=O)N[C@@H](CCCCN)C(=O)N[C@@H](Cc1ccc(O)cc1)C(=O)N[C@@H](CCCNC(=N)N)C(=O)O. The molecule has 758 valence electrons. The highest BCUT2D eigenvalue weighted by Crippen LogP contribution is 2.25. The summed E-state index contributed by atoms with van der Waals surface area (Å²) in [6.07, 6.45) is -0.668. The van der Waals surface area contributed by atoms with Gasteiger partial charge in [0.2, 0.25) is 94.5 Å². The molecule has 0 aliphatic carbocycles. The number of carbonyl (C=O) groups excluding carboxylic acids is 16. The minimum atomic E-state index is -1.82. The molecule has 8 rings (SSSR count). The van der Waals surface area contributed by atoms with E-state index in [1.165, 1.54) is 53.4 Å². The Morgan fingerprint density at radius 2 is 0.837 bits per heavy atom. The molecule has 6 aromatic carbocycles. The number of benzene rings is 6. The van der Waals surface area contributed by atoms with Crippen LogP contribution in [-0.4, -0.2) is 254 Å². The Balaban J connectivity index is 1.01. The summed E-state index contributed by atoms with van der Waals surface area (Å²) in [6.45, 7) is 5.21. The van der Waals surface area contributed by atoms with Gasteiger partial charge >= 0.3 is 5.97 Å². The smallest absolute Gasteiger partial charge is 0.326 e. The van der Waals surface area contributed by atoms with E-state index < -0.39 is 229 Å². The molecular weight excluding hydrogens is 1820 g/mol. The molecule has 0 unspecified atom stereocenters.